The first-order valence-electron chi connectivity index (χ1n) is 7.81. The van der Waals surface area contributed by atoms with Crippen molar-refractivity contribution >= 4 is 23.3 Å². The zero-order chi connectivity index (χ0) is 18.8. The van der Waals surface area contributed by atoms with Crippen LogP contribution in [0.3, 0.4) is 0 Å². The number of non-ortho nitro benzene ring substituents is 1. The lowest BCUT2D eigenvalue weighted by molar-refractivity contribution is -0.384. The van der Waals surface area contributed by atoms with Crippen LogP contribution >= 0.6 is 0 Å². The number of ketones is 2. The van der Waals surface area contributed by atoms with Crippen molar-refractivity contribution in [3.8, 4) is 11.5 Å². The Morgan fingerprint density at radius 3 is 2.54 bits per heavy atom. The molecule has 7 heteroatoms. The molecule has 0 radical (unpaired) electrons. The summed E-state index contributed by atoms with van der Waals surface area (Å²) in [6.45, 7) is 3.11. The Kier molecular flexibility index (Phi) is 4.53. The van der Waals surface area contributed by atoms with E-state index in [1.54, 1.807) is 31.2 Å². The number of carbonyl (C=O) groups excluding carboxylic acids is 2. The van der Waals surface area contributed by atoms with E-state index in [1.807, 2.05) is 0 Å². The monoisotopic (exact) mass is 353 g/mol. The molecule has 0 saturated carbocycles. The molecular formula is C19H15NO6. The predicted molar refractivity (Wildman–Crippen MR) is 93.4 cm³/mol. The summed E-state index contributed by atoms with van der Waals surface area (Å²) < 4.78 is 11.1. The number of nitro benzene ring substituents is 1. The molecule has 0 amide bonds. The third-order valence-electron chi connectivity index (χ3n) is 3.87. The van der Waals surface area contributed by atoms with Gasteiger partial charge in [0.15, 0.2) is 11.5 Å². The van der Waals surface area contributed by atoms with Crippen LogP contribution in [0, 0.1) is 17.0 Å². The summed E-state index contributed by atoms with van der Waals surface area (Å²) in [6.07, 6.45) is 1.53. The fourth-order valence-corrected chi connectivity index (χ4v) is 2.55. The van der Waals surface area contributed by atoms with Gasteiger partial charge in [0.25, 0.3) is 5.69 Å². The number of allylic oxidation sites excluding steroid dienone is 1. The first kappa shape index (κ1) is 17.3. The number of ether oxygens (including phenoxy) is 2. The van der Waals surface area contributed by atoms with Crippen molar-refractivity contribution < 1.29 is 24.0 Å². The van der Waals surface area contributed by atoms with E-state index in [0.717, 1.165) is 0 Å². The lowest BCUT2D eigenvalue weighted by Gasteiger charge is -2.10. The van der Waals surface area contributed by atoms with Gasteiger partial charge in [-0.25, -0.2) is 0 Å². The molecule has 2 aromatic carbocycles. The summed E-state index contributed by atoms with van der Waals surface area (Å²) in [6, 6.07) is 9.03. The van der Waals surface area contributed by atoms with E-state index in [-0.39, 0.29) is 29.6 Å². The Bertz CT molecular complexity index is 943. The van der Waals surface area contributed by atoms with Crippen molar-refractivity contribution in [3.63, 3.8) is 0 Å². The van der Waals surface area contributed by atoms with Gasteiger partial charge in [0.05, 0.1) is 10.5 Å². The van der Waals surface area contributed by atoms with Crippen LogP contribution in [0.4, 0.5) is 5.69 Å². The molecule has 3 rings (SSSR count). The van der Waals surface area contributed by atoms with Crippen molar-refractivity contribution in [2.45, 2.75) is 13.8 Å². The van der Waals surface area contributed by atoms with Crippen molar-refractivity contribution in [2.24, 2.45) is 0 Å². The van der Waals surface area contributed by atoms with Crippen LogP contribution in [0.25, 0.3) is 6.08 Å². The third kappa shape index (κ3) is 3.32. The van der Waals surface area contributed by atoms with Gasteiger partial charge in [0.2, 0.25) is 5.78 Å². The maximum atomic E-state index is 12.5. The van der Waals surface area contributed by atoms with E-state index >= 15 is 0 Å². The Morgan fingerprint density at radius 2 is 1.92 bits per heavy atom. The molecule has 0 fully saturated rings. The Labute approximate surface area is 149 Å². The Hall–Kier alpha value is -3.48. The number of rotatable bonds is 5. The number of benzene rings is 2. The number of Topliss-reactive ketones (excluding diaryl/α,β-unsaturated/α-hetero) is 2. The van der Waals surface area contributed by atoms with Crippen molar-refractivity contribution in [2.75, 3.05) is 6.61 Å². The van der Waals surface area contributed by atoms with Crippen LogP contribution in [-0.2, 0) is 4.79 Å². The number of hydrogen-bond acceptors (Lipinski definition) is 6. The highest BCUT2D eigenvalue weighted by atomic mass is 16.6. The summed E-state index contributed by atoms with van der Waals surface area (Å²) in [7, 11) is 0. The smallest absolute Gasteiger partial charge is 0.269 e. The average molecular weight is 353 g/mol. The highest BCUT2D eigenvalue weighted by Gasteiger charge is 2.30. The van der Waals surface area contributed by atoms with Crippen LogP contribution in [0.15, 0.2) is 42.2 Å². The molecule has 1 heterocycles. The second kappa shape index (κ2) is 6.79. The molecule has 1 aliphatic rings. The fraction of sp³-hybridized carbons (Fsp3) is 0.158. The molecule has 0 unspecified atom stereocenters. The first-order valence-corrected chi connectivity index (χ1v) is 7.81. The second-order valence-electron chi connectivity index (χ2n) is 5.84. The molecular weight excluding hydrogens is 338 g/mol. The summed E-state index contributed by atoms with van der Waals surface area (Å²) in [5.41, 5.74) is 1.62. The van der Waals surface area contributed by atoms with Gasteiger partial charge in [-0.1, -0.05) is 0 Å². The minimum absolute atomic E-state index is 0.0304. The van der Waals surface area contributed by atoms with Crippen molar-refractivity contribution in [3.05, 3.63) is 69.0 Å². The number of nitrogens with zero attached hydrogens (tertiary/aromatic N) is 1. The number of carbonyl (C=O) groups is 2. The molecule has 0 aromatic heterocycles. The summed E-state index contributed by atoms with van der Waals surface area (Å²) >= 11 is 0. The number of fused-ring (bicyclic) bond motifs is 1. The minimum atomic E-state index is -0.490. The number of nitro groups is 1. The molecule has 0 saturated heterocycles. The summed E-state index contributed by atoms with van der Waals surface area (Å²) in [4.78, 5) is 33.8. The molecule has 26 heavy (non-hydrogen) atoms. The van der Waals surface area contributed by atoms with E-state index < -0.39 is 4.92 Å². The van der Waals surface area contributed by atoms with Gasteiger partial charge in [-0.15, -0.1) is 0 Å². The van der Waals surface area contributed by atoms with E-state index in [1.165, 1.54) is 25.1 Å². The summed E-state index contributed by atoms with van der Waals surface area (Å²) in [5.74, 6) is 0.605. The average Bonchev–Trinajstić information content (AvgIpc) is 2.92. The van der Waals surface area contributed by atoms with Gasteiger partial charge in [0, 0.05) is 17.7 Å². The molecule has 0 bridgehead atoms. The zero-order valence-corrected chi connectivity index (χ0v) is 14.1. The Balaban J connectivity index is 1.88. The van der Waals surface area contributed by atoms with Gasteiger partial charge in [0.1, 0.15) is 18.1 Å². The molecule has 0 N–H and O–H groups in total. The highest BCUT2D eigenvalue weighted by molar-refractivity contribution is 6.15. The number of hydrogen-bond donors (Lipinski definition) is 0. The third-order valence-corrected chi connectivity index (χ3v) is 3.87. The molecule has 1 aliphatic heterocycles. The van der Waals surface area contributed by atoms with E-state index in [0.29, 0.717) is 28.2 Å². The molecule has 0 spiro atoms. The lowest BCUT2D eigenvalue weighted by atomic mass is 10.1. The topological polar surface area (TPSA) is 95.7 Å². The van der Waals surface area contributed by atoms with Crippen LogP contribution in [0.1, 0.15) is 28.4 Å². The largest absolute Gasteiger partial charge is 0.485 e. The predicted octanol–water partition coefficient (Wildman–Crippen LogP) is 3.49. The van der Waals surface area contributed by atoms with Crippen molar-refractivity contribution in [1.82, 2.24) is 0 Å². The van der Waals surface area contributed by atoms with Crippen LogP contribution in [0.5, 0.6) is 11.5 Å². The fourth-order valence-electron chi connectivity index (χ4n) is 2.55. The van der Waals surface area contributed by atoms with Crippen LogP contribution < -0.4 is 9.47 Å². The standard InChI is InChI=1S/C19H15NO6/c1-11(21)10-25-16-8-7-15-18(22)17(26-19(15)12(16)2)9-13-3-5-14(6-4-13)20(23)24/h3-9H,10H2,1-2H3/b17-9-. The second-order valence-corrected chi connectivity index (χ2v) is 5.84. The van der Waals surface area contributed by atoms with Gasteiger partial charge in [-0.05, 0) is 49.8 Å². The normalized spacial score (nSPS) is 14.1. The molecule has 0 aliphatic carbocycles. The van der Waals surface area contributed by atoms with Gasteiger partial charge in [-0.3, -0.25) is 19.7 Å². The van der Waals surface area contributed by atoms with Gasteiger partial charge >= 0.3 is 0 Å². The molecule has 2 aromatic rings. The molecule has 7 nitrogen and oxygen atoms in total. The zero-order valence-electron chi connectivity index (χ0n) is 14.1. The quantitative estimate of drug-likeness (QED) is 0.464. The maximum absolute atomic E-state index is 12.5. The van der Waals surface area contributed by atoms with E-state index in [4.69, 9.17) is 9.47 Å². The highest BCUT2D eigenvalue weighted by Crippen LogP contribution is 2.39. The maximum Gasteiger partial charge on any atom is 0.269 e. The SMILES string of the molecule is CC(=O)COc1ccc2c(c1C)O/C(=C\c1ccc([N+](=O)[O-])cc1)C2=O. The first-order chi connectivity index (χ1) is 12.4. The summed E-state index contributed by atoms with van der Waals surface area (Å²) in [5, 5.41) is 10.7. The molecule has 0 atom stereocenters. The molecule has 132 valence electrons. The lowest BCUT2D eigenvalue weighted by Crippen LogP contribution is -2.07. The van der Waals surface area contributed by atoms with Gasteiger partial charge < -0.3 is 9.47 Å². The van der Waals surface area contributed by atoms with Gasteiger partial charge in [-0.2, -0.15) is 0 Å². The van der Waals surface area contributed by atoms with Crippen LogP contribution in [0.2, 0.25) is 0 Å². The van der Waals surface area contributed by atoms with E-state index in [2.05, 4.69) is 0 Å². The van der Waals surface area contributed by atoms with Crippen molar-refractivity contribution in [1.29, 1.82) is 0 Å². The van der Waals surface area contributed by atoms with E-state index in [9.17, 15) is 19.7 Å². The minimum Gasteiger partial charge on any atom is -0.485 e. The Morgan fingerprint density at radius 1 is 1.23 bits per heavy atom. The van der Waals surface area contributed by atoms with Crippen LogP contribution in [-0.4, -0.2) is 23.1 Å².